The summed E-state index contributed by atoms with van der Waals surface area (Å²) in [6.07, 6.45) is 5.43. The fraction of sp³-hybridized carbons (Fsp3) is 0.538. The van der Waals surface area contributed by atoms with Gasteiger partial charge in [-0.3, -0.25) is 4.79 Å². The molecule has 10 heteroatoms. The molecule has 2 atom stereocenters. The molecule has 0 unspecified atom stereocenters. The van der Waals surface area contributed by atoms with Gasteiger partial charge in [0.2, 0.25) is 0 Å². The van der Waals surface area contributed by atoms with Crippen molar-refractivity contribution in [3.05, 3.63) is 35.5 Å². The number of fused-ring (bicyclic) bond motifs is 3. The summed E-state index contributed by atoms with van der Waals surface area (Å²) < 4.78 is 13.1. The molecule has 10 nitrogen and oxygen atoms in total. The van der Waals surface area contributed by atoms with Crippen LogP contribution in [0.5, 0.6) is 6.01 Å². The molecule has 1 N–H and O–H groups in total. The standard InChI is InChI=1S/C26H32N6O4/c1-16-9-18-13-27-32(22(18)11-21(16)17-3-6-30(7-4-17)8-5-25(33)34)24-12-23(28-26(29-24)35-2)31-14-20-10-19(31)15-36-20/h9,11-13,17,19-20H,3-8,10,14-15H2,1-2H3,(H,33,34)/t19-,20-/m0/s1. The van der Waals surface area contributed by atoms with Gasteiger partial charge in [-0.15, -0.1) is 0 Å². The van der Waals surface area contributed by atoms with E-state index in [9.17, 15) is 4.79 Å². The molecule has 0 saturated carbocycles. The number of aromatic nitrogens is 4. The summed E-state index contributed by atoms with van der Waals surface area (Å²) in [6, 6.07) is 7.13. The van der Waals surface area contributed by atoms with Crippen molar-refractivity contribution in [3.8, 4) is 11.8 Å². The Hall–Kier alpha value is -3.24. The van der Waals surface area contributed by atoms with Crippen LogP contribution in [0.3, 0.4) is 0 Å². The van der Waals surface area contributed by atoms with E-state index in [2.05, 4.69) is 38.8 Å². The Kier molecular flexibility index (Phi) is 6.00. The first-order valence-electron chi connectivity index (χ1n) is 12.7. The number of benzene rings is 1. The summed E-state index contributed by atoms with van der Waals surface area (Å²) in [7, 11) is 1.59. The van der Waals surface area contributed by atoms with Gasteiger partial charge in [0.25, 0.3) is 0 Å². The minimum Gasteiger partial charge on any atom is -0.481 e. The van der Waals surface area contributed by atoms with Crippen LogP contribution in [0.15, 0.2) is 24.4 Å². The quantitative estimate of drug-likeness (QED) is 0.533. The minimum atomic E-state index is -0.734. The van der Waals surface area contributed by atoms with Gasteiger partial charge in [-0.1, -0.05) is 0 Å². The summed E-state index contributed by atoms with van der Waals surface area (Å²) >= 11 is 0. The first-order chi connectivity index (χ1) is 17.5. The molecule has 3 aromatic rings. The number of carbonyl (C=O) groups is 1. The Morgan fingerprint density at radius 3 is 2.69 bits per heavy atom. The molecule has 0 amide bonds. The van der Waals surface area contributed by atoms with Crippen LogP contribution in [-0.4, -0.2) is 87.8 Å². The van der Waals surface area contributed by atoms with E-state index in [-0.39, 0.29) is 12.5 Å². The molecule has 3 fully saturated rings. The zero-order valence-electron chi connectivity index (χ0n) is 20.8. The summed E-state index contributed by atoms with van der Waals surface area (Å²) in [5, 5.41) is 14.8. The Morgan fingerprint density at radius 2 is 2.00 bits per heavy atom. The molecular formula is C26H32N6O4. The molecule has 3 aliphatic heterocycles. The third-order valence-electron chi connectivity index (χ3n) is 7.90. The van der Waals surface area contributed by atoms with Crippen molar-refractivity contribution in [2.24, 2.45) is 0 Å². The van der Waals surface area contributed by atoms with Gasteiger partial charge in [0.05, 0.1) is 44.0 Å². The van der Waals surface area contributed by atoms with E-state index in [4.69, 9.17) is 19.7 Å². The predicted molar refractivity (Wildman–Crippen MR) is 134 cm³/mol. The van der Waals surface area contributed by atoms with Gasteiger partial charge in [0.15, 0.2) is 5.82 Å². The smallest absolute Gasteiger partial charge is 0.320 e. The fourth-order valence-corrected chi connectivity index (χ4v) is 5.98. The van der Waals surface area contributed by atoms with E-state index in [1.165, 1.54) is 11.1 Å². The normalized spacial score (nSPS) is 22.6. The van der Waals surface area contributed by atoms with Gasteiger partial charge in [-0.05, 0) is 68.5 Å². The number of likely N-dealkylation sites (tertiary alicyclic amines) is 1. The molecule has 0 radical (unpaired) electrons. The van der Waals surface area contributed by atoms with Crippen molar-refractivity contribution in [3.63, 3.8) is 0 Å². The molecule has 3 saturated heterocycles. The number of aliphatic carboxylic acids is 1. The monoisotopic (exact) mass is 492 g/mol. The van der Waals surface area contributed by atoms with Gasteiger partial charge in [-0.2, -0.15) is 15.1 Å². The Labute approximate surface area is 209 Å². The SMILES string of the molecule is COc1nc(N2C[C@@H]3C[C@H]2CO3)cc(-n2ncc3cc(C)c(C4CCN(CCC(=O)O)CC4)cc32)n1. The Morgan fingerprint density at radius 1 is 1.19 bits per heavy atom. The van der Waals surface area contributed by atoms with Crippen LogP contribution >= 0.6 is 0 Å². The van der Waals surface area contributed by atoms with E-state index in [1.807, 2.05) is 16.9 Å². The number of hydrogen-bond acceptors (Lipinski definition) is 8. The zero-order chi connectivity index (χ0) is 24.8. The van der Waals surface area contributed by atoms with Crippen molar-refractivity contribution in [2.45, 2.75) is 50.7 Å². The van der Waals surface area contributed by atoms with E-state index in [1.54, 1.807) is 7.11 Å². The molecule has 1 aromatic carbocycles. The maximum atomic E-state index is 10.9. The molecule has 3 aliphatic rings. The third-order valence-corrected chi connectivity index (χ3v) is 7.90. The second-order valence-corrected chi connectivity index (χ2v) is 10.2. The first-order valence-corrected chi connectivity index (χ1v) is 12.7. The lowest BCUT2D eigenvalue weighted by atomic mass is 9.86. The number of aryl methyl sites for hydroxylation is 1. The van der Waals surface area contributed by atoms with Crippen LogP contribution in [0, 0.1) is 6.92 Å². The summed E-state index contributed by atoms with van der Waals surface area (Å²) in [5.41, 5.74) is 3.61. The number of morpholine rings is 1. The van der Waals surface area contributed by atoms with Gasteiger partial charge < -0.3 is 24.4 Å². The van der Waals surface area contributed by atoms with Gasteiger partial charge in [0.1, 0.15) is 5.82 Å². The van der Waals surface area contributed by atoms with Crippen LogP contribution in [0.4, 0.5) is 5.82 Å². The minimum absolute atomic E-state index is 0.199. The highest BCUT2D eigenvalue weighted by Crippen LogP contribution is 2.35. The highest BCUT2D eigenvalue weighted by atomic mass is 16.5. The van der Waals surface area contributed by atoms with E-state index in [0.29, 0.717) is 30.3 Å². The number of carboxylic acid groups (broad SMARTS) is 1. The van der Waals surface area contributed by atoms with Crippen LogP contribution in [0.2, 0.25) is 0 Å². The molecule has 190 valence electrons. The molecule has 2 bridgehead atoms. The Balaban J connectivity index is 1.30. The predicted octanol–water partition coefficient (Wildman–Crippen LogP) is 2.76. The molecule has 6 rings (SSSR count). The second kappa shape index (κ2) is 9.33. The summed E-state index contributed by atoms with van der Waals surface area (Å²) in [6.45, 7) is 6.19. The fourth-order valence-electron chi connectivity index (χ4n) is 5.98. The first kappa shape index (κ1) is 23.2. The lowest BCUT2D eigenvalue weighted by Gasteiger charge is -2.32. The van der Waals surface area contributed by atoms with Gasteiger partial charge in [-0.25, -0.2) is 4.68 Å². The van der Waals surface area contributed by atoms with Crippen molar-refractivity contribution in [1.82, 2.24) is 24.6 Å². The van der Waals surface area contributed by atoms with Crippen molar-refractivity contribution in [2.75, 3.05) is 44.8 Å². The number of anilines is 1. The summed E-state index contributed by atoms with van der Waals surface area (Å²) in [4.78, 5) is 24.8. The maximum absolute atomic E-state index is 10.9. The topological polar surface area (TPSA) is 106 Å². The highest BCUT2D eigenvalue weighted by Gasteiger charge is 2.40. The molecule has 0 spiro atoms. The van der Waals surface area contributed by atoms with E-state index >= 15 is 0 Å². The van der Waals surface area contributed by atoms with Crippen LogP contribution in [0.1, 0.15) is 42.7 Å². The number of ether oxygens (including phenoxy) is 2. The van der Waals surface area contributed by atoms with Crippen LogP contribution < -0.4 is 9.64 Å². The zero-order valence-corrected chi connectivity index (χ0v) is 20.8. The molecule has 2 aromatic heterocycles. The van der Waals surface area contributed by atoms with E-state index < -0.39 is 5.97 Å². The van der Waals surface area contributed by atoms with Crippen molar-refractivity contribution < 1.29 is 19.4 Å². The molecular weight excluding hydrogens is 460 g/mol. The van der Waals surface area contributed by atoms with Crippen molar-refractivity contribution in [1.29, 1.82) is 0 Å². The third kappa shape index (κ3) is 4.28. The van der Waals surface area contributed by atoms with E-state index in [0.717, 1.165) is 62.2 Å². The number of hydrogen-bond donors (Lipinski definition) is 1. The highest BCUT2D eigenvalue weighted by molar-refractivity contribution is 5.82. The lowest BCUT2D eigenvalue weighted by Crippen LogP contribution is -2.37. The number of rotatable bonds is 7. The molecule has 5 heterocycles. The van der Waals surface area contributed by atoms with Gasteiger partial charge >= 0.3 is 12.0 Å². The maximum Gasteiger partial charge on any atom is 0.320 e. The second-order valence-electron chi connectivity index (χ2n) is 10.2. The lowest BCUT2D eigenvalue weighted by molar-refractivity contribution is -0.137. The average molecular weight is 493 g/mol. The number of nitrogens with zero attached hydrogens (tertiary/aromatic N) is 6. The number of carboxylic acids is 1. The van der Waals surface area contributed by atoms with Crippen molar-refractivity contribution >= 4 is 22.7 Å². The van der Waals surface area contributed by atoms with Crippen LogP contribution in [-0.2, 0) is 9.53 Å². The largest absolute Gasteiger partial charge is 0.481 e. The van der Waals surface area contributed by atoms with Crippen LogP contribution in [0.25, 0.3) is 16.7 Å². The molecule has 36 heavy (non-hydrogen) atoms. The summed E-state index contributed by atoms with van der Waals surface area (Å²) in [5.74, 6) is 1.24. The molecule has 0 aliphatic carbocycles. The Bertz CT molecular complexity index is 1280. The van der Waals surface area contributed by atoms with Gasteiger partial charge in [0, 0.05) is 24.5 Å². The average Bonchev–Trinajstić information content (AvgIpc) is 3.63. The number of piperidine rings is 1. The number of methoxy groups -OCH3 is 1.